The lowest BCUT2D eigenvalue weighted by Gasteiger charge is -2.23. The van der Waals surface area contributed by atoms with Gasteiger partial charge in [-0.2, -0.15) is 0 Å². The summed E-state index contributed by atoms with van der Waals surface area (Å²) in [5.41, 5.74) is 0.336. The number of amides is 1. The summed E-state index contributed by atoms with van der Waals surface area (Å²) in [5.74, 6) is 0.622. The molecule has 116 valence electrons. The third kappa shape index (κ3) is 3.93. The molecular weight excluding hydrogens is 290 g/mol. The lowest BCUT2D eigenvalue weighted by atomic mass is 10.2. The van der Waals surface area contributed by atoms with E-state index in [1.54, 1.807) is 19.2 Å². The molecule has 6 nitrogen and oxygen atoms in total. The standard InChI is InChI=1S/C14H21N3O3S/c1-3-8-15-13-6-4-5-12(16-13)14(18)17(2)11-7-9-21(19,20)10-11/h4-6,11H,3,7-10H2,1-2H3,(H,15,16). The molecule has 2 heterocycles. The molecule has 1 saturated heterocycles. The van der Waals surface area contributed by atoms with E-state index >= 15 is 0 Å². The molecule has 0 bridgehead atoms. The van der Waals surface area contributed by atoms with E-state index in [-0.39, 0.29) is 23.5 Å². The van der Waals surface area contributed by atoms with Gasteiger partial charge in [0.25, 0.3) is 5.91 Å². The van der Waals surface area contributed by atoms with E-state index in [2.05, 4.69) is 17.2 Å². The van der Waals surface area contributed by atoms with Crippen molar-refractivity contribution in [3.63, 3.8) is 0 Å². The highest BCUT2D eigenvalue weighted by Gasteiger charge is 2.33. The second-order valence-corrected chi connectivity index (χ2v) is 7.54. The van der Waals surface area contributed by atoms with E-state index in [9.17, 15) is 13.2 Å². The average molecular weight is 311 g/mol. The number of nitrogens with one attached hydrogen (secondary N) is 1. The number of hydrogen-bond donors (Lipinski definition) is 1. The fourth-order valence-corrected chi connectivity index (χ4v) is 4.11. The normalized spacial score (nSPS) is 20.2. The fraction of sp³-hybridized carbons (Fsp3) is 0.571. The Balaban J connectivity index is 2.09. The highest BCUT2D eigenvalue weighted by atomic mass is 32.2. The molecule has 1 aliphatic heterocycles. The van der Waals surface area contributed by atoms with E-state index in [4.69, 9.17) is 0 Å². The maximum Gasteiger partial charge on any atom is 0.272 e. The molecule has 2 rings (SSSR count). The number of rotatable bonds is 5. The Morgan fingerprint density at radius 2 is 2.24 bits per heavy atom. The molecule has 0 saturated carbocycles. The first-order valence-electron chi connectivity index (χ1n) is 7.11. The Morgan fingerprint density at radius 1 is 1.48 bits per heavy atom. The van der Waals surface area contributed by atoms with Crippen molar-refractivity contribution in [1.82, 2.24) is 9.88 Å². The van der Waals surface area contributed by atoms with Crippen molar-refractivity contribution in [2.45, 2.75) is 25.8 Å². The Kier molecular flexibility index (Phi) is 4.82. The third-order valence-electron chi connectivity index (χ3n) is 3.60. The molecule has 7 heteroatoms. The van der Waals surface area contributed by atoms with Gasteiger partial charge < -0.3 is 10.2 Å². The topological polar surface area (TPSA) is 79.4 Å². The first-order valence-corrected chi connectivity index (χ1v) is 8.93. The summed E-state index contributed by atoms with van der Waals surface area (Å²) in [6.07, 6.45) is 1.47. The molecule has 1 N–H and O–H groups in total. The molecule has 1 aromatic heterocycles. The van der Waals surface area contributed by atoms with Gasteiger partial charge in [-0.05, 0) is 25.0 Å². The highest BCUT2D eigenvalue weighted by Crippen LogP contribution is 2.18. The lowest BCUT2D eigenvalue weighted by molar-refractivity contribution is 0.0742. The van der Waals surface area contributed by atoms with Crippen molar-refractivity contribution in [3.05, 3.63) is 23.9 Å². The predicted molar refractivity (Wildman–Crippen MR) is 82.2 cm³/mol. The summed E-state index contributed by atoms with van der Waals surface area (Å²) in [7, 11) is -1.36. The van der Waals surface area contributed by atoms with Crippen LogP contribution in [0.2, 0.25) is 0 Å². The van der Waals surface area contributed by atoms with Gasteiger partial charge in [0.05, 0.1) is 11.5 Å². The van der Waals surface area contributed by atoms with Crippen molar-refractivity contribution in [2.24, 2.45) is 0 Å². The Bertz CT molecular complexity index is 616. The van der Waals surface area contributed by atoms with Crippen molar-refractivity contribution in [3.8, 4) is 0 Å². The second-order valence-electron chi connectivity index (χ2n) is 5.31. The number of nitrogens with zero attached hydrogens (tertiary/aromatic N) is 2. The Morgan fingerprint density at radius 3 is 2.86 bits per heavy atom. The minimum Gasteiger partial charge on any atom is -0.370 e. The number of sulfone groups is 1. The van der Waals surface area contributed by atoms with Crippen LogP contribution >= 0.6 is 0 Å². The van der Waals surface area contributed by atoms with Crippen LogP contribution in [0.5, 0.6) is 0 Å². The first kappa shape index (κ1) is 15.8. The zero-order chi connectivity index (χ0) is 15.5. The minimum absolute atomic E-state index is 0.0447. The largest absolute Gasteiger partial charge is 0.370 e. The van der Waals surface area contributed by atoms with Crippen LogP contribution in [-0.2, 0) is 9.84 Å². The summed E-state index contributed by atoms with van der Waals surface area (Å²) < 4.78 is 23.0. The quantitative estimate of drug-likeness (QED) is 0.883. The number of hydrogen-bond acceptors (Lipinski definition) is 5. The maximum absolute atomic E-state index is 12.4. The van der Waals surface area contributed by atoms with Crippen LogP contribution in [0.3, 0.4) is 0 Å². The number of aromatic nitrogens is 1. The average Bonchev–Trinajstić information content (AvgIpc) is 2.84. The minimum atomic E-state index is -3.00. The zero-order valence-electron chi connectivity index (χ0n) is 12.4. The highest BCUT2D eigenvalue weighted by molar-refractivity contribution is 7.91. The van der Waals surface area contributed by atoms with Crippen molar-refractivity contribution >= 4 is 21.6 Å². The van der Waals surface area contributed by atoms with Gasteiger partial charge in [-0.1, -0.05) is 13.0 Å². The zero-order valence-corrected chi connectivity index (χ0v) is 13.2. The molecule has 1 unspecified atom stereocenters. The molecule has 1 aromatic rings. The molecule has 0 radical (unpaired) electrons. The molecule has 1 aliphatic rings. The van der Waals surface area contributed by atoms with Gasteiger partial charge in [-0.15, -0.1) is 0 Å². The summed E-state index contributed by atoms with van der Waals surface area (Å²) in [4.78, 5) is 18.2. The summed E-state index contributed by atoms with van der Waals surface area (Å²) in [6, 6.07) is 4.99. The van der Waals surface area contributed by atoms with Gasteiger partial charge in [0.15, 0.2) is 9.84 Å². The first-order chi connectivity index (χ1) is 9.93. The second kappa shape index (κ2) is 6.43. The van der Waals surface area contributed by atoms with Crippen LogP contribution in [0, 0.1) is 0 Å². The maximum atomic E-state index is 12.4. The summed E-state index contributed by atoms with van der Waals surface area (Å²) in [5, 5.41) is 3.13. The Labute approximate surface area is 125 Å². The van der Waals surface area contributed by atoms with Gasteiger partial charge >= 0.3 is 0 Å². The van der Waals surface area contributed by atoms with Gasteiger partial charge in [0, 0.05) is 19.6 Å². The van der Waals surface area contributed by atoms with E-state index < -0.39 is 9.84 Å². The smallest absolute Gasteiger partial charge is 0.272 e. The number of carbonyl (C=O) groups excluding carboxylic acids is 1. The van der Waals surface area contributed by atoms with E-state index in [0.717, 1.165) is 13.0 Å². The molecule has 0 aliphatic carbocycles. The van der Waals surface area contributed by atoms with Crippen LogP contribution in [0.25, 0.3) is 0 Å². The lowest BCUT2D eigenvalue weighted by Crippen LogP contribution is -2.38. The van der Waals surface area contributed by atoms with Crippen molar-refractivity contribution in [2.75, 3.05) is 30.4 Å². The van der Waals surface area contributed by atoms with Crippen molar-refractivity contribution < 1.29 is 13.2 Å². The predicted octanol–water partition coefficient (Wildman–Crippen LogP) is 1.16. The van der Waals surface area contributed by atoms with Crippen LogP contribution in [0.4, 0.5) is 5.82 Å². The summed E-state index contributed by atoms with van der Waals surface area (Å²) in [6.45, 7) is 2.84. The van der Waals surface area contributed by atoms with E-state index in [1.165, 1.54) is 4.90 Å². The molecule has 0 spiro atoms. The molecular formula is C14H21N3O3S. The van der Waals surface area contributed by atoms with Gasteiger partial charge in [-0.25, -0.2) is 13.4 Å². The van der Waals surface area contributed by atoms with Gasteiger partial charge in [0.2, 0.25) is 0 Å². The van der Waals surface area contributed by atoms with E-state index in [0.29, 0.717) is 17.9 Å². The molecule has 0 aromatic carbocycles. The molecule has 21 heavy (non-hydrogen) atoms. The SMILES string of the molecule is CCCNc1cccc(C(=O)N(C)C2CCS(=O)(=O)C2)n1. The number of anilines is 1. The van der Waals surface area contributed by atoms with E-state index in [1.807, 2.05) is 6.07 Å². The number of carbonyl (C=O) groups is 1. The van der Waals surface area contributed by atoms with Crippen LogP contribution in [-0.4, -0.2) is 55.3 Å². The van der Waals surface area contributed by atoms with Gasteiger partial charge in [-0.3, -0.25) is 4.79 Å². The monoisotopic (exact) mass is 311 g/mol. The molecule has 1 atom stereocenters. The third-order valence-corrected chi connectivity index (χ3v) is 5.35. The van der Waals surface area contributed by atoms with Crippen molar-refractivity contribution in [1.29, 1.82) is 0 Å². The Hall–Kier alpha value is -1.63. The van der Waals surface area contributed by atoms with Crippen LogP contribution in [0.1, 0.15) is 30.3 Å². The van der Waals surface area contributed by atoms with Gasteiger partial charge in [0.1, 0.15) is 11.5 Å². The molecule has 1 amide bonds. The summed E-state index contributed by atoms with van der Waals surface area (Å²) >= 11 is 0. The van der Waals surface area contributed by atoms with Crippen LogP contribution < -0.4 is 5.32 Å². The number of pyridine rings is 1. The van der Waals surface area contributed by atoms with Crippen LogP contribution in [0.15, 0.2) is 18.2 Å². The fourth-order valence-electron chi connectivity index (χ4n) is 2.33. The molecule has 1 fully saturated rings.